The molecule has 0 aromatic heterocycles. The number of hydrogen-bond acceptors (Lipinski definition) is 2. The maximum absolute atomic E-state index is 11.3. The first-order chi connectivity index (χ1) is 9.89. The number of carboxylic acids is 1. The van der Waals surface area contributed by atoms with Crippen LogP contribution in [0.25, 0.3) is 0 Å². The summed E-state index contributed by atoms with van der Waals surface area (Å²) in [7, 11) is -3.19. The molecule has 22 heavy (non-hydrogen) atoms. The minimum Gasteiger partial charge on any atom is -0.506 e. The zero-order chi connectivity index (χ0) is 17.1. The van der Waals surface area contributed by atoms with Gasteiger partial charge in [-0.2, -0.15) is 0 Å². The number of rotatable bonds is 1. The molecule has 0 bridgehead atoms. The summed E-state index contributed by atoms with van der Waals surface area (Å²) in [6.07, 6.45) is 0. The zero-order valence-corrected chi connectivity index (χ0v) is 16.0. The monoisotopic (exact) mass is 330 g/mol. The highest BCUT2D eigenvalue weighted by Crippen LogP contribution is 2.24. The van der Waals surface area contributed by atoms with Gasteiger partial charge < -0.3 is 10.2 Å². The SMILES string of the molecule is C[Si](C)(C)C#Cc1cc(C#C[Si](C)(C)C)c(O)c(C(=O)O)c1. The van der Waals surface area contributed by atoms with Gasteiger partial charge in [-0.15, -0.1) is 11.1 Å². The van der Waals surface area contributed by atoms with Gasteiger partial charge >= 0.3 is 5.97 Å². The van der Waals surface area contributed by atoms with Gasteiger partial charge in [0.25, 0.3) is 0 Å². The zero-order valence-electron chi connectivity index (χ0n) is 14.0. The summed E-state index contributed by atoms with van der Waals surface area (Å²) < 4.78 is 0. The molecule has 5 heteroatoms. The number of hydrogen-bond donors (Lipinski definition) is 2. The normalized spacial score (nSPS) is 11.0. The molecule has 0 fully saturated rings. The topological polar surface area (TPSA) is 57.5 Å². The molecule has 0 aliphatic carbocycles. The summed E-state index contributed by atoms with van der Waals surface area (Å²) in [4.78, 5) is 11.3. The lowest BCUT2D eigenvalue weighted by Crippen LogP contribution is -2.16. The molecule has 0 amide bonds. The fraction of sp³-hybridized carbons (Fsp3) is 0.353. The predicted molar refractivity (Wildman–Crippen MR) is 95.5 cm³/mol. The number of carbonyl (C=O) groups is 1. The Bertz CT molecular complexity index is 715. The molecule has 1 rings (SSSR count). The maximum Gasteiger partial charge on any atom is 0.339 e. The van der Waals surface area contributed by atoms with Crippen LogP contribution in [0.1, 0.15) is 21.5 Å². The molecular weight excluding hydrogens is 308 g/mol. The molecule has 1 aromatic carbocycles. The Kier molecular flexibility index (Phi) is 5.29. The second-order valence-corrected chi connectivity index (χ2v) is 16.7. The molecule has 0 saturated carbocycles. The largest absolute Gasteiger partial charge is 0.506 e. The summed E-state index contributed by atoms with van der Waals surface area (Å²) in [6.45, 7) is 12.6. The summed E-state index contributed by atoms with van der Waals surface area (Å²) in [5.41, 5.74) is 7.10. The Morgan fingerprint density at radius 2 is 1.45 bits per heavy atom. The van der Waals surface area contributed by atoms with Crippen molar-refractivity contribution in [1.29, 1.82) is 0 Å². The molecule has 0 radical (unpaired) electrons. The van der Waals surface area contributed by atoms with Crippen molar-refractivity contribution in [3.8, 4) is 28.7 Å². The minimum absolute atomic E-state index is 0.151. The fourth-order valence-electron chi connectivity index (χ4n) is 1.48. The predicted octanol–water partition coefficient (Wildman–Crippen LogP) is 3.55. The first-order valence-electron chi connectivity index (χ1n) is 7.06. The van der Waals surface area contributed by atoms with Crippen molar-refractivity contribution in [3.05, 3.63) is 28.8 Å². The molecule has 1 aromatic rings. The lowest BCUT2D eigenvalue weighted by atomic mass is 10.0. The highest BCUT2D eigenvalue weighted by atomic mass is 28.3. The lowest BCUT2D eigenvalue weighted by molar-refractivity contribution is 0.0693. The van der Waals surface area contributed by atoms with Crippen molar-refractivity contribution < 1.29 is 15.0 Å². The van der Waals surface area contributed by atoms with E-state index < -0.39 is 22.1 Å². The van der Waals surface area contributed by atoms with Gasteiger partial charge in [0.05, 0.1) is 5.56 Å². The number of aromatic carboxylic acids is 1. The Hall–Kier alpha value is -1.96. The van der Waals surface area contributed by atoms with E-state index in [-0.39, 0.29) is 11.3 Å². The van der Waals surface area contributed by atoms with Gasteiger partial charge in [0.2, 0.25) is 0 Å². The number of carboxylic acid groups (broad SMARTS) is 1. The van der Waals surface area contributed by atoms with Crippen molar-refractivity contribution in [2.24, 2.45) is 0 Å². The van der Waals surface area contributed by atoms with Gasteiger partial charge in [-0.1, -0.05) is 51.1 Å². The first-order valence-corrected chi connectivity index (χ1v) is 14.1. The van der Waals surface area contributed by atoms with Crippen molar-refractivity contribution in [2.75, 3.05) is 0 Å². The quantitative estimate of drug-likeness (QED) is 0.611. The van der Waals surface area contributed by atoms with Gasteiger partial charge in [0.1, 0.15) is 27.5 Å². The van der Waals surface area contributed by atoms with Crippen LogP contribution in [0, 0.1) is 22.9 Å². The van der Waals surface area contributed by atoms with Crippen molar-refractivity contribution >= 4 is 22.1 Å². The van der Waals surface area contributed by atoms with E-state index in [0.29, 0.717) is 11.1 Å². The lowest BCUT2D eigenvalue weighted by Gasteiger charge is -2.07. The molecular formula is C17H22O3Si2. The minimum atomic E-state index is -1.62. The van der Waals surface area contributed by atoms with Crippen LogP contribution in [-0.2, 0) is 0 Å². The van der Waals surface area contributed by atoms with Crippen LogP contribution < -0.4 is 0 Å². The second kappa shape index (κ2) is 6.43. The average Bonchev–Trinajstić information content (AvgIpc) is 2.33. The second-order valence-electron chi connectivity index (χ2n) is 7.23. The average molecular weight is 331 g/mol. The fourth-order valence-corrected chi connectivity index (χ4v) is 2.51. The van der Waals surface area contributed by atoms with E-state index in [2.05, 4.69) is 62.2 Å². The smallest absolute Gasteiger partial charge is 0.339 e. The van der Waals surface area contributed by atoms with Crippen molar-refractivity contribution in [2.45, 2.75) is 39.3 Å². The molecule has 2 N–H and O–H groups in total. The van der Waals surface area contributed by atoms with E-state index in [0.717, 1.165) is 0 Å². The van der Waals surface area contributed by atoms with Crippen LogP contribution in [0.5, 0.6) is 5.75 Å². The van der Waals surface area contributed by atoms with Crippen LogP contribution >= 0.6 is 0 Å². The summed E-state index contributed by atoms with van der Waals surface area (Å²) in [5.74, 6) is 4.50. The first kappa shape index (κ1) is 18.1. The van der Waals surface area contributed by atoms with E-state index in [9.17, 15) is 15.0 Å². The van der Waals surface area contributed by atoms with Crippen LogP contribution in [0.4, 0.5) is 0 Å². The molecule has 0 aliphatic heterocycles. The van der Waals surface area contributed by atoms with E-state index >= 15 is 0 Å². The van der Waals surface area contributed by atoms with Gasteiger partial charge in [0, 0.05) is 5.56 Å². The van der Waals surface area contributed by atoms with E-state index in [1.807, 2.05) is 0 Å². The number of benzene rings is 1. The molecule has 116 valence electrons. The molecule has 3 nitrogen and oxygen atoms in total. The highest BCUT2D eigenvalue weighted by molar-refractivity contribution is 6.84. The molecule has 0 heterocycles. The van der Waals surface area contributed by atoms with Crippen LogP contribution in [-0.4, -0.2) is 32.3 Å². The van der Waals surface area contributed by atoms with E-state index in [4.69, 9.17) is 0 Å². The summed E-state index contributed by atoms with van der Waals surface area (Å²) in [5, 5.41) is 19.3. The van der Waals surface area contributed by atoms with Crippen molar-refractivity contribution in [1.82, 2.24) is 0 Å². The highest BCUT2D eigenvalue weighted by Gasteiger charge is 2.15. The molecule has 0 spiro atoms. The number of phenols is 1. The van der Waals surface area contributed by atoms with Crippen LogP contribution in [0.2, 0.25) is 39.3 Å². The maximum atomic E-state index is 11.3. The van der Waals surface area contributed by atoms with Gasteiger partial charge in [-0.25, -0.2) is 4.79 Å². The van der Waals surface area contributed by atoms with Crippen molar-refractivity contribution in [3.63, 3.8) is 0 Å². The van der Waals surface area contributed by atoms with E-state index in [1.54, 1.807) is 6.07 Å². The number of aromatic hydroxyl groups is 1. The molecule has 0 aliphatic rings. The van der Waals surface area contributed by atoms with E-state index in [1.165, 1.54) is 6.07 Å². The standard InChI is InChI=1S/C17H22O3Si2/c1-21(2,3)9-7-13-11-14(8-10-22(4,5)6)16(18)15(12-13)17(19)20/h11-12,18H,1-6H3,(H,19,20). The molecule has 0 atom stereocenters. The molecule has 0 saturated heterocycles. The third-order valence-corrected chi connectivity index (χ3v) is 4.24. The Morgan fingerprint density at radius 1 is 0.955 bits per heavy atom. The third-order valence-electron chi connectivity index (χ3n) is 2.49. The summed E-state index contributed by atoms with van der Waals surface area (Å²) >= 11 is 0. The Labute approximate surface area is 134 Å². The van der Waals surface area contributed by atoms with Crippen LogP contribution in [0.3, 0.4) is 0 Å². The van der Waals surface area contributed by atoms with Crippen LogP contribution in [0.15, 0.2) is 12.1 Å². The molecule has 0 unspecified atom stereocenters. The van der Waals surface area contributed by atoms with Gasteiger partial charge in [-0.05, 0) is 12.1 Å². The van der Waals surface area contributed by atoms with Gasteiger partial charge in [0.15, 0.2) is 0 Å². The summed E-state index contributed by atoms with van der Waals surface area (Å²) in [6, 6.07) is 3.08. The Morgan fingerprint density at radius 3 is 1.91 bits per heavy atom. The Balaban J connectivity index is 3.49. The third kappa shape index (κ3) is 5.81. The van der Waals surface area contributed by atoms with Gasteiger partial charge in [-0.3, -0.25) is 0 Å².